The topological polar surface area (TPSA) is 58.1 Å². The number of carbonyl (C=O) groups excluding carboxylic acids is 1. The van der Waals surface area contributed by atoms with Gasteiger partial charge in [0, 0.05) is 6.54 Å². The van der Waals surface area contributed by atoms with Gasteiger partial charge in [-0.3, -0.25) is 14.7 Å². The third-order valence-electron chi connectivity index (χ3n) is 4.90. The van der Waals surface area contributed by atoms with Crippen LogP contribution in [-0.2, 0) is 0 Å². The lowest BCUT2D eigenvalue weighted by molar-refractivity contribution is 0.0933. The largest absolute Gasteiger partial charge is 0.349 e. The summed E-state index contributed by atoms with van der Waals surface area (Å²) in [7, 11) is 0. The molecule has 0 bridgehead atoms. The fraction of sp³-hybridized carbons (Fsp3) is 0.286. The first-order chi connectivity index (χ1) is 12.8. The summed E-state index contributed by atoms with van der Waals surface area (Å²) in [5.41, 5.74) is 3.12. The van der Waals surface area contributed by atoms with E-state index in [0.717, 1.165) is 24.1 Å². The van der Waals surface area contributed by atoms with Crippen LogP contribution >= 0.6 is 0 Å². The van der Waals surface area contributed by atoms with Gasteiger partial charge in [0.25, 0.3) is 5.91 Å². The number of nitrogens with zero attached hydrogens (tertiary/aromatic N) is 3. The second-order valence-electron chi connectivity index (χ2n) is 6.62. The van der Waals surface area contributed by atoms with Gasteiger partial charge in [0.1, 0.15) is 5.69 Å². The highest BCUT2D eigenvalue weighted by Crippen LogP contribution is 2.24. The normalized spacial score (nSPS) is 15.8. The average Bonchev–Trinajstić information content (AvgIpc) is 3.23. The van der Waals surface area contributed by atoms with Crippen molar-refractivity contribution in [2.45, 2.75) is 18.9 Å². The van der Waals surface area contributed by atoms with Crippen LogP contribution in [0.15, 0.2) is 60.8 Å². The molecule has 0 radical (unpaired) electrons. The van der Waals surface area contributed by atoms with E-state index in [1.54, 1.807) is 6.20 Å². The minimum Gasteiger partial charge on any atom is -0.349 e. The molecular weight excluding hydrogens is 324 g/mol. The molecule has 1 atom stereocenters. The number of para-hydroxylation sites is 2. The van der Waals surface area contributed by atoms with Crippen LogP contribution in [0.1, 0.15) is 34.9 Å². The van der Waals surface area contributed by atoms with Crippen LogP contribution in [-0.4, -0.2) is 40.4 Å². The van der Waals surface area contributed by atoms with E-state index in [4.69, 9.17) is 0 Å². The number of amides is 1. The van der Waals surface area contributed by atoms with Crippen LogP contribution in [0.5, 0.6) is 0 Å². The van der Waals surface area contributed by atoms with E-state index in [-0.39, 0.29) is 11.9 Å². The molecule has 1 unspecified atom stereocenters. The van der Waals surface area contributed by atoms with Crippen LogP contribution in [0.3, 0.4) is 0 Å². The van der Waals surface area contributed by atoms with Crippen molar-refractivity contribution in [2.24, 2.45) is 0 Å². The molecule has 1 aromatic heterocycles. The molecule has 1 N–H and O–H groups in total. The molecule has 1 saturated heterocycles. The smallest absolute Gasteiger partial charge is 0.271 e. The Morgan fingerprint density at radius 2 is 1.69 bits per heavy atom. The van der Waals surface area contributed by atoms with Gasteiger partial charge in [-0.05, 0) is 43.6 Å². The van der Waals surface area contributed by atoms with Crippen LogP contribution in [0.2, 0.25) is 0 Å². The molecule has 0 spiro atoms. The Labute approximate surface area is 153 Å². The highest BCUT2D eigenvalue weighted by atomic mass is 16.1. The van der Waals surface area contributed by atoms with Gasteiger partial charge < -0.3 is 5.32 Å². The number of fused-ring (bicyclic) bond motifs is 1. The lowest BCUT2D eigenvalue weighted by Gasteiger charge is -2.28. The van der Waals surface area contributed by atoms with Gasteiger partial charge >= 0.3 is 0 Å². The lowest BCUT2D eigenvalue weighted by Crippen LogP contribution is -2.37. The molecule has 132 valence electrons. The van der Waals surface area contributed by atoms with Crippen molar-refractivity contribution < 1.29 is 4.79 Å². The summed E-state index contributed by atoms with van der Waals surface area (Å²) in [4.78, 5) is 23.8. The minimum absolute atomic E-state index is 0.177. The zero-order valence-electron chi connectivity index (χ0n) is 14.6. The number of likely N-dealkylation sites (tertiary alicyclic amines) is 1. The minimum atomic E-state index is -0.177. The average molecular weight is 346 g/mol. The van der Waals surface area contributed by atoms with Crippen LogP contribution < -0.4 is 5.32 Å². The molecule has 0 saturated carbocycles. The summed E-state index contributed by atoms with van der Waals surface area (Å²) in [6.45, 7) is 2.72. The van der Waals surface area contributed by atoms with Gasteiger partial charge in [0.15, 0.2) is 0 Å². The van der Waals surface area contributed by atoms with Gasteiger partial charge in [-0.15, -0.1) is 0 Å². The SMILES string of the molecule is O=C(NCC(c1ccccc1)N1CCCC1)c1cnc2ccccc2n1. The maximum atomic E-state index is 12.6. The molecule has 5 heteroatoms. The summed E-state index contributed by atoms with van der Waals surface area (Å²) in [6.07, 6.45) is 3.98. The fourth-order valence-corrected chi connectivity index (χ4v) is 3.53. The predicted octanol–water partition coefficient (Wildman–Crippen LogP) is 3.20. The molecule has 1 amide bonds. The van der Waals surface area contributed by atoms with Gasteiger partial charge in [0.05, 0.1) is 23.3 Å². The molecule has 0 aliphatic carbocycles. The zero-order chi connectivity index (χ0) is 17.8. The summed E-state index contributed by atoms with van der Waals surface area (Å²) >= 11 is 0. The first-order valence-electron chi connectivity index (χ1n) is 9.10. The lowest BCUT2D eigenvalue weighted by atomic mass is 10.1. The van der Waals surface area contributed by atoms with Crippen molar-refractivity contribution in [3.63, 3.8) is 0 Å². The highest BCUT2D eigenvalue weighted by Gasteiger charge is 2.24. The van der Waals surface area contributed by atoms with Crippen LogP contribution in [0.4, 0.5) is 0 Å². The van der Waals surface area contributed by atoms with Gasteiger partial charge in [-0.2, -0.15) is 0 Å². The van der Waals surface area contributed by atoms with Crippen molar-refractivity contribution >= 4 is 16.9 Å². The molecule has 2 heterocycles. The standard InChI is InChI=1S/C21H22N4O/c26-21(19-14-22-17-10-4-5-11-18(17)24-19)23-15-20(25-12-6-7-13-25)16-8-2-1-3-9-16/h1-5,8-11,14,20H,6-7,12-13,15H2,(H,23,26). The third kappa shape index (κ3) is 3.58. The van der Waals surface area contributed by atoms with E-state index in [0.29, 0.717) is 12.2 Å². The Balaban J connectivity index is 1.50. The first kappa shape index (κ1) is 16.7. The number of benzene rings is 2. The van der Waals surface area contributed by atoms with Crippen LogP contribution in [0.25, 0.3) is 11.0 Å². The molecule has 5 nitrogen and oxygen atoms in total. The number of rotatable bonds is 5. The Morgan fingerprint density at radius 1 is 1.00 bits per heavy atom. The highest BCUT2D eigenvalue weighted by molar-refractivity contribution is 5.93. The molecule has 1 aliphatic rings. The van der Waals surface area contributed by atoms with Gasteiger partial charge in [-0.25, -0.2) is 4.98 Å². The van der Waals surface area contributed by atoms with Crippen molar-refractivity contribution in [1.29, 1.82) is 0 Å². The van der Waals surface area contributed by atoms with E-state index in [9.17, 15) is 4.79 Å². The van der Waals surface area contributed by atoms with Crippen molar-refractivity contribution in [1.82, 2.24) is 20.2 Å². The molecule has 1 aliphatic heterocycles. The van der Waals surface area contributed by atoms with E-state index in [1.807, 2.05) is 30.3 Å². The number of carbonyl (C=O) groups is 1. The molecule has 4 rings (SSSR count). The number of hydrogen-bond donors (Lipinski definition) is 1. The third-order valence-corrected chi connectivity index (χ3v) is 4.90. The molecule has 2 aromatic carbocycles. The Morgan fingerprint density at radius 3 is 2.46 bits per heavy atom. The van der Waals surface area contributed by atoms with E-state index >= 15 is 0 Å². The van der Waals surface area contributed by atoms with E-state index < -0.39 is 0 Å². The van der Waals surface area contributed by atoms with Gasteiger partial charge in [-0.1, -0.05) is 42.5 Å². The van der Waals surface area contributed by atoms with Crippen molar-refractivity contribution in [3.05, 3.63) is 72.1 Å². The Bertz CT molecular complexity index is 891. The maximum absolute atomic E-state index is 12.6. The second kappa shape index (κ2) is 7.62. The quantitative estimate of drug-likeness (QED) is 0.771. The molecule has 1 fully saturated rings. The molecule has 26 heavy (non-hydrogen) atoms. The monoisotopic (exact) mass is 346 g/mol. The van der Waals surface area contributed by atoms with Crippen molar-refractivity contribution in [2.75, 3.05) is 19.6 Å². The number of hydrogen-bond acceptors (Lipinski definition) is 4. The predicted molar refractivity (Wildman–Crippen MR) is 102 cm³/mol. The first-order valence-corrected chi connectivity index (χ1v) is 9.10. The van der Waals surface area contributed by atoms with E-state index in [2.05, 4.69) is 44.5 Å². The number of nitrogens with one attached hydrogen (secondary N) is 1. The number of aromatic nitrogens is 2. The molecular formula is C21H22N4O. The molecule has 3 aromatic rings. The van der Waals surface area contributed by atoms with Crippen molar-refractivity contribution in [3.8, 4) is 0 Å². The Kier molecular flexibility index (Phi) is 4.88. The zero-order valence-corrected chi connectivity index (χ0v) is 14.6. The van der Waals surface area contributed by atoms with E-state index in [1.165, 1.54) is 18.4 Å². The van der Waals surface area contributed by atoms with Crippen LogP contribution in [0, 0.1) is 0 Å². The fourth-order valence-electron chi connectivity index (χ4n) is 3.53. The maximum Gasteiger partial charge on any atom is 0.271 e. The second-order valence-corrected chi connectivity index (χ2v) is 6.62. The summed E-state index contributed by atoms with van der Waals surface area (Å²) in [5.74, 6) is -0.177. The summed E-state index contributed by atoms with van der Waals surface area (Å²) in [5, 5.41) is 3.06. The Hall–Kier alpha value is -2.79. The summed E-state index contributed by atoms with van der Waals surface area (Å²) in [6, 6.07) is 18.2. The summed E-state index contributed by atoms with van der Waals surface area (Å²) < 4.78 is 0. The van der Waals surface area contributed by atoms with Gasteiger partial charge in [0.2, 0.25) is 0 Å².